The molecule has 0 aliphatic heterocycles. The lowest BCUT2D eigenvalue weighted by molar-refractivity contribution is 0.426. The predicted molar refractivity (Wildman–Crippen MR) is 64.4 cm³/mol. The molecule has 2 aromatic rings. The lowest BCUT2D eigenvalue weighted by atomic mass is 9.80. The van der Waals surface area contributed by atoms with Crippen LogP contribution in [0.2, 0.25) is 5.02 Å². The van der Waals surface area contributed by atoms with E-state index >= 15 is 0 Å². The Morgan fingerprint density at radius 2 is 2.14 bits per heavy atom. The fraction of sp³-hybridized carbons (Fsp3) is 0. The number of benzene rings is 1. The van der Waals surface area contributed by atoms with Gasteiger partial charge in [0.1, 0.15) is 0 Å². The van der Waals surface area contributed by atoms with E-state index in [9.17, 15) is 10.0 Å². The van der Waals surface area contributed by atoms with Crippen LogP contribution in [0.15, 0.2) is 22.0 Å². The number of hydrogen-bond acceptors (Lipinski definition) is 3. The molecule has 0 unspecified atom stereocenters. The first-order valence-corrected chi connectivity index (χ1v) is 5.87. The molecule has 0 spiro atoms. The molecule has 0 amide bonds. The van der Waals surface area contributed by atoms with Gasteiger partial charge in [-0.05, 0) is 17.5 Å². The fourth-order valence-corrected chi connectivity index (χ4v) is 3.49. The van der Waals surface area contributed by atoms with Gasteiger partial charge < -0.3 is 10.0 Å². The van der Waals surface area contributed by atoms with Crippen LogP contribution in [-0.2, 0) is 0 Å². The largest absolute Gasteiger partial charge is 0.491 e. The highest BCUT2D eigenvalue weighted by atomic mass is 79.9. The van der Waals surface area contributed by atoms with Gasteiger partial charge in [0.2, 0.25) is 0 Å². The Kier molecular flexibility index (Phi) is 2.86. The number of fused-ring (bicyclic) bond motifs is 1. The van der Waals surface area contributed by atoms with Gasteiger partial charge in [-0.1, -0.05) is 27.5 Å². The highest BCUT2D eigenvalue weighted by molar-refractivity contribution is 9.10. The lowest BCUT2D eigenvalue weighted by Crippen LogP contribution is -2.31. The summed E-state index contributed by atoms with van der Waals surface area (Å²) in [6.07, 6.45) is 0. The van der Waals surface area contributed by atoms with E-state index in [1.165, 1.54) is 11.3 Å². The molecule has 1 heterocycles. The molecule has 6 heteroatoms. The molecule has 2 N–H and O–H groups in total. The Morgan fingerprint density at radius 1 is 1.43 bits per heavy atom. The summed E-state index contributed by atoms with van der Waals surface area (Å²) in [6.45, 7) is 0. The Hall–Kier alpha value is -0.0651. The summed E-state index contributed by atoms with van der Waals surface area (Å²) < 4.78 is 1.67. The maximum absolute atomic E-state index is 9.17. The normalized spacial score (nSPS) is 10.9. The predicted octanol–water partition coefficient (Wildman–Crippen LogP) is 2.00. The molecular weight excluding hydrogens is 286 g/mol. The smallest absolute Gasteiger partial charge is 0.423 e. The zero-order chi connectivity index (χ0) is 10.3. The number of hydrogen-bond donors (Lipinski definition) is 2. The molecule has 14 heavy (non-hydrogen) atoms. The minimum absolute atomic E-state index is 0.363. The van der Waals surface area contributed by atoms with Crippen LogP contribution in [0.1, 0.15) is 0 Å². The van der Waals surface area contributed by atoms with Crippen molar-refractivity contribution in [2.75, 3.05) is 0 Å². The van der Waals surface area contributed by atoms with Crippen LogP contribution in [-0.4, -0.2) is 17.2 Å². The minimum atomic E-state index is -1.53. The molecule has 0 aliphatic rings. The van der Waals surface area contributed by atoms with Gasteiger partial charge in [-0.2, -0.15) is 0 Å². The molecule has 72 valence electrons. The summed E-state index contributed by atoms with van der Waals surface area (Å²) in [6, 6.07) is 3.58. The van der Waals surface area contributed by atoms with Crippen LogP contribution in [0.3, 0.4) is 0 Å². The number of halogens is 2. The summed E-state index contributed by atoms with van der Waals surface area (Å²) in [5.41, 5.74) is 0.375. The summed E-state index contributed by atoms with van der Waals surface area (Å²) in [5.74, 6) is 0. The van der Waals surface area contributed by atoms with Crippen molar-refractivity contribution in [3.63, 3.8) is 0 Å². The topological polar surface area (TPSA) is 40.5 Å². The van der Waals surface area contributed by atoms with Gasteiger partial charge >= 0.3 is 7.12 Å². The van der Waals surface area contributed by atoms with Gasteiger partial charge in [-0.15, -0.1) is 11.3 Å². The van der Waals surface area contributed by atoms with Crippen LogP contribution < -0.4 is 5.46 Å². The molecule has 0 bridgehead atoms. The molecule has 0 aliphatic carbocycles. The summed E-state index contributed by atoms with van der Waals surface area (Å²) >= 11 is 10.7. The maximum Gasteiger partial charge on any atom is 0.491 e. The van der Waals surface area contributed by atoms with Gasteiger partial charge in [0.15, 0.2) is 0 Å². The molecule has 0 fully saturated rings. The SMILES string of the molecule is OB(O)c1c(Cl)cc(Br)c2ccsc12. The monoisotopic (exact) mass is 290 g/mol. The second-order valence-corrected chi connectivity index (χ2v) is 4.97. The molecular formula is C8H5BBrClO2S. The van der Waals surface area contributed by atoms with Gasteiger partial charge in [0.25, 0.3) is 0 Å². The first-order chi connectivity index (χ1) is 6.61. The van der Waals surface area contributed by atoms with E-state index in [0.717, 1.165) is 14.6 Å². The summed E-state index contributed by atoms with van der Waals surface area (Å²) in [4.78, 5) is 0. The van der Waals surface area contributed by atoms with Gasteiger partial charge in [0, 0.05) is 25.0 Å². The first kappa shape index (κ1) is 10.5. The fourth-order valence-electron chi connectivity index (χ4n) is 1.32. The van der Waals surface area contributed by atoms with Crippen molar-refractivity contribution in [3.8, 4) is 0 Å². The third kappa shape index (κ3) is 1.59. The minimum Gasteiger partial charge on any atom is -0.423 e. The van der Waals surface area contributed by atoms with Crippen molar-refractivity contribution in [3.05, 3.63) is 27.0 Å². The van der Waals surface area contributed by atoms with E-state index < -0.39 is 7.12 Å². The van der Waals surface area contributed by atoms with Crippen molar-refractivity contribution in [2.45, 2.75) is 0 Å². The van der Waals surface area contributed by atoms with E-state index in [0.29, 0.717) is 10.5 Å². The van der Waals surface area contributed by atoms with E-state index in [1.807, 2.05) is 11.4 Å². The average molecular weight is 291 g/mol. The Labute approximate surface area is 98.4 Å². The molecule has 2 rings (SSSR count). The molecule has 0 saturated heterocycles. The van der Waals surface area contributed by atoms with Crippen molar-refractivity contribution in [2.24, 2.45) is 0 Å². The zero-order valence-corrected chi connectivity index (χ0v) is 10.0. The van der Waals surface area contributed by atoms with Crippen molar-refractivity contribution in [1.82, 2.24) is 0 Å². The van der Waals surface area contributed by atoms with Crippen LogP contribution >= 0.6 is 38.9 Å². The third-order valence-electron chi connectivity index (χ3n) is 1.94. The van der Waals surface area contributed by atoms with Crippen molar-refractivity contribution in [1.29, 1.82) is 0 Å². The van der Waals surface area contributed by atoms with E-state index in [2.05, 4.69) is 15.9 Å². The van der Waals surface area contributed by atoms with Crippen molar-refractivity contribution >= 4 is 61.5 Å². The number of thiophene rings is 1. The highest BCUT2D eigenvalue weighted by Gasteiger charge is 2.20. The molecule has 1 aromatic carbocycles. The van der Waals surface area contributed by atoms with E-state index in [1.54, 1.807) is 6.07 Å². The number of rotatable bonds is 1. The van der Waals surface area contributed by atoms with Crippen LogP contribution in [0.4, 0.5) is 0 Å². The quantitative estimate of drug-likeness (QED) is 0.789. The first-order valence-electron chi connectivity index (χ1n) is 3.82. The van der Waals surface area contributed by atoms with Crippen LogP contribution in [0.25, 0.3) is 10.1 Å². The second kappa shape index (κ2) is 3.83. The van der Waals surface area contributed by atoms with Gasteiger partial charge in [0.05, 0.1) is 0 Å². The van der Waals surface area contributed by atoms with Crippen LogP contribution in [0.5, 0.6) is 0 Å². The Morgan fingerprint density at radius 3 is 2.79 bits per heavy atom. The highest BCUT2D eigenvalue weighted by Crippen LogP contribution is 2.30. The standard InChI is InChI=1S/C8H5BBrClO2S/c10-5-3-6(11)7(9(12)13)8-4(5)1-2-14-8/h1-3,12-13H. The van der Waals surface area contributed by atoms with Gasteiger partial charge in [-0.25, -0.2) is 0 Å². The Balaban J connectivity index is 2.86. The lowest BCUT2D eigenvalue weighted by Gasteiger charge is -2.05. The Bertz CT molecular complexity index is 485. The second-order valence-electron chi connectivity index (χ2n) is 2.79. The average Bonchev–Trinajstić information content (AvgIpc) is 2.51. The van der Waals surface area contributed by atoms with Crippen molar-refractivity contribution < 1.29 is 10.0 Å². The molecule has 2 nitrogen and oxygen atoms in total. The van der Waals surface area contributed by atoms with E-state index in [4.69, 9.17) is 11.6 Å². The molecule has 1 aromatic heterocycles. The van der Waals surface area contributed by atoms with Gasteiger partial charge in [-0.3, -0.25) is 0 Å². The summed E-state index contributed by atoms with van der Waals surface area (Å²) in [5, 5.41) is 21.5. The zero-order valence-electron chi connectivity index (χ0n) is 6.87. The maximum atomic E-state index is 9.17. The molecule has 0 atom stereocenters. The third-order valence-corrected chi connectivity index (χ3v) is 3.85. The van der Waals surface area contributed by atoms with E-state index in [-0.39, 0.29) is 0 Å². The molecule has 0 radical (unpaired) electrons. The van der Waals surface area contributed by atoms with Crippen LogP contribution in [0, 0.1) is 0 Å². The summed E-state index contributed by atoms with van der Waals surface area (Å²) in [7, 11) is -1.53. The molecule has 0 saturated carbocycles.